The zero-order valence-electron chi connectivity index (χ0n) is 12.1. The van der Waals surface area contributed by atoms with Gasteiger partial charge in [0.15, 0.2) is 0 Å². The average molecular weight is 263 g/mol. The number of ether oxygens (including phenoxy) is 1. The molecule has 19 heavy (non-hydrogen) atoms. The summed E-state index contributed by atoms with van der Waals surface area (Å²) in [5.41, 5.74) is 0. The van der Waals surface area contributed by atoms with Crippen molar-refractivity contribution in [3.8, 4) is 5.75 Å². The summed E-state index contributed by atoms with van der Waals surface area (Å²) in [4.78, 5) is 6.96. The van der Waals surface area contributed by atoms with Crippen molar-refractivity contribution in [3.63, 3.8) is 0 Å². The molecule has 0 amide bonds. The van der Waals surface area contributed by atoms with Gasteiger partial charge < -0.3 is 15.0 Å². The minimum Gasteiger partial charge on any atom is -0.495 e. The van der Waals surface area contributed by atoms with E-state index in [4.69, 9.17) is 4.74 Å². The number of hydrogen-bond donors (Lipinski definition) is 1. The smallest absolute Gasteiger partial charge is 0.137 e. The van der Waals surface area contributed by atoms with E-state index in [1.54, 1.807) is 13.3 Å². The maximum absolute atomic E-state index is 5.17. The number of pyridine rings is 1. The largest absolute Gasteiger partial charge is 0.495 e. The van der Waals surface area contributed by atoms with E-state index in [0.29, 0.717) is 6.04 Å². The van der Waals surface area contributed by atoms with E-state index in [1.165, 1.54) is 25.7 Å². The second-order valence-corrected chi connectivity index (χ2v) is 5.10. The summed E-state index contributed by atoms with van der Waals surface area (Å²) in [7, 11) is 1.68. The highest BCUT2D eigenvalue weighted by Gasteiger charge is 2.22. The molecule has 2 heterocycles. The van der Waals surface area contributed by atoms with E-state index in [1.807, 2.05) is 6.07 Å². The lowest BCUT2D eigenvalue weighted by molar-refractivity contribution is 0.411. The molecule has 1 atom stereocenters. The molecule has 1 unspecified atom stereocenters. The Morgan fingerprint density at radius 3 is 3.00 bits per heavy atom. The normalized spacial score (nSPS) is 19.5. The van der Waals surface area contributed by atoms with Crippen LogP contribution < -0.4 is 15.0 Å². The molecule has 2 rings (SSSR count). The summed E-state index contributed by atoms with van der Waals surface area (Å²) in [6.07, 6.45) is 6.83. The monoisotopic (exact) mass is 263 g/mol. The van der Waals surface area contributed by atoms with Crippen molar-refractivity contribution in [2.24, 2.45) is 0 Å². The predicted molar refractivity (Wildman–Crippen MR) is 78.9 cm³/mol. The third-order valence-electron chi connectivity index (χ3n) is 3.68. The van der Waals surface area contributed by atoms with Gasteiger partial charge in [-0.15, -0.1) is 0 Å². The van der Waals surface area contributed by atoms with Crippen LogP contribution in [0.3, 0.4) is 0 Å². The van der Waals surface area contributed by atoms with Crippen molar-refractivity contribution in [2.75, 3.05) is 31.6 Å². The Morgan fingerprint density at radius 2 is 2.32 bits per heavy atom. The van der Waals surface area contributed by atoms with E-state index in [-0.39, 0.29) is 0 Å². The van der Waals surface area contributed by atoms with E-state index in [0.717, 1.165) is 31.2 Å². The van der Waals surface area contributed by atoms with Gasteiger partial charge in [0.1, 0.15) is 11.6 Å². The summed E-state index contributed by atoms with van der Waals surface area (Å²) in [6, 6.07) is 4.63. The van der Waals surface area contributed by atoms with Crippen molar-refractivity contribution in [2.45, 2.75) is 38.6 Å². The van der Waals surface area contributed by atoms with Gasteiger partial charge in [-0.05, 0) is 44.4 Å². The third-order valence-corrected chi connectivity index (χ3v) is 3.68. The number of nitrogens with one attached hydrogen (secondary N) is 1. The Bertz CT molecular complexity index is 366. The molecule has 0 aromatic carbocycles. The van der Waals surface area contributed by atoms with Crippen LogP contribution in [-0.4, -0.2) is 37.8 Å². The number of anilines is 1. The molecule has 1 aliphatic heterocycles. The molecule has 1 fully saturated rings. The minimum atomic E-state index is 0.571. The van der Waals surface area contributed by atoms with Crippen LogP contribution in [0.4, 0.5) is 5.82 Å². The van der Waals surface area contributed by atoms with Gasteiger partial charge in [-0.25, -0.2) is 4.98 Å². The Balaban J connectivity index is 2.00. The number of methoxy groups -OCH3 is 1. The lowest BCUT2D eigenvalue weighted by atomic mass is 10.0. The van der Waals surface area contributed by atoms with Crippen molar-refractivity contribution >= 4 is 5.82 Å². The SMILES string of the molecule is CCCNCC1CCCCN1c1ccc(OC)cn1. The molecule has 1 aliphatic rings. The number of rotatable bonds is 6. The highest BCUT2D eigenvalue weighted by molar-refractivity contribution is 5.42. The van der Waals surface area contributed by atoms with E-state index in [2.05, 4.69) is 28.2 Å². The number of nitrogens with zero attached hydrogens (tertiary/aromatic N) is 2. The molecule has 1 aromatic heterocycles. The van der Waals surface area contributed by atoms with Gasteiger partial charge in [-0.1, -0.05) is 6.92 Å². The molecule has 0 aliphatic carbocycles. The van der Waals surface area contributed by atoms with Gasteiger partial charge in [-0.3, -0.25) is 0 Å². The molecule has 4 nitrogen and oxygen atoms in total. The lowest BCUT2D eigenvalue weighted by Crippen LogP contribution is -2.46. The van der Waals surface area contributed by atoms with Crippen LogP contribution in [0.5, 0.6) is 5.75 Å². The minimum absolute atomic E-state index is 0.571. The first-order valence-electron chi connectivity index (χ1n) is 7.32. The van der Waals surface area contributed by atoms with E-state index >= 15 is 0 Å². The Morgan fingerprint density at radius 1 is 1.42 bits per heavy atom. The second kappa shape index (κ2) is 7.34. The fraction of sp³-hybridized carbons (Fsp3) is 0.667. The molecule has 0 bridgehead atoms. The van der Waals surface area contributed by atoms with Crippen molar-refractivity contribution in [3.05, 3.63) is 18.3 Å². The lowest BCUT2D eigenvalue weighted by Gasteiger charge is -2.37. The molecule has 0 spiro atoms. The summed E-state index contributed by atoms with van der Waals surface area (Å²) in [5, 5.41) is 3.53. The first-order valence-corrected chi connectivity index (χ1v) is 7.32. The summed E-state index contributed by atoms with van der Waals surface area (Å²) >= 11 is 0. The van der Waals surface area contributed by atoms with E-state index < -0.39 is 0 Å². The van der Waals surface area contributed by atoms with Crippen LogP contribution in [0.2, 0.25) is 0 Å². The fourth-order valence-electron chi connectivity index (χ4n) is 2.62. The molecule has 1 saturated heterocycles. The molecular formula is C15H25N3O. The molecule has 0 saturated carbocycles. The first-order chi connectivity index (χ1) is 9.35. The van der Waals surface area contributed by atoms with Crippen LogP contribution in [-0.2, 0) is 0 Å². The molecule has 0 radical (unpaired) electrons. The third kappa shape index (κ3) is 3.83. The number of hydrogen-bond acceptors (Lipinski definition) is 4. The summed E-state index contributed by atoms with van der Waals surface area (Å²) in [6.45, 7) is 5.47. The standard InChI is InChI=1S/C15H25N3O/c1-3-9-16-11-13-6-4-5-10-18(13)15-8-7-14(19-2)12-17-15/h7-8,12-13,16H,3-6,9-11H2,1-2H3. The van der Waals surface area contributed by atoms with Gasteiger partial charge in [0.05, 0.1) is 13.3 Å². The summed E-state index contributed by atoms with van der Waals surface area (Å²) < 4.78 is 5.17. The fourth-order valence-corrected chi connectivity index (χ4v) is 2.62. The number of aromatic nitrogens is 1. The number of piperidine rings is 1. The Hall–Kier alpha value is -1.29. The van der Waals surface area contributed by atoms with Crippen LogP contribution in [0.25, 0.3) is 0 Å². The molecule has 1 aromatic rings. The van der Waals surface area contributed by atoms with Crippen LogP contribution in [0.1, 0.15) is 32.6 Å². The van der Waals surface area contributed by atoms with Gasteiger partial charge >= 0.3 is 0 Å². The van der Waals surface area contributed by atoms with E-state index in [9.17, 15) is 0 Å². The quantitative estimate of drug-likeness (QED) is 0.800. The molecule has 106 valence electrons. The summed E-state index contributed by atoms with van der Waals surface area (Å²) in [5.74, 6) is 1.89. The Labute approximate surface area is 116 Å². The zero-order valence-corrected chi connectivity index (χ0v) is 12.1. The van der Waals surface area contributed by atoms with Gasteiger partial charge in [-0.2, -0.15) is 0 Å². The van der Waals surface area contributed by atoms with Crippen molar-refractivity contribution < 1.29 is 4.74 Å². The van der Waals surface area contributed by atoms with Crippen molar-refractivity contribution in [1.82, 2.24) is 10.3 Å². The molecular weight excluding hydrogens is 238 g/mol. The van der Waals surface area contributed by atoms with Crippen LogP contribution >= 0.6 is 0 Å². The highest BCUT2D eigenvalue weighted by Crippen LogP contribution is 2.24. The maximum Gasteiger partial charge on any atom is 0.137 e. The first kappa shape index (κ1) is 14.1. The Kier molecular flexibility index (Phi) is 5.45. The molecule has 1 N–H and O–H groups in total. The second-order valence-electron chi connectivity index (χ2n) is 5.10. The van der Waals surface area contributed by atoms with Crippen LogP contribution in [0.15, 0.2) is 18.3 Å². The average Bonchev–Trinajstić information content (AvgIpc) is 2.48. The zero-order chi connectivity index (χ0) is 13.5. The van der Waals surface area contributed by atoms with Gasteiger partial charge in [0.25, 0.3) is 0 Å². The highest BCUT2D eigenvalue weighted by atomic mass is 16.5. The topological polar surface area (TPSA) is 37.4 Å². The predicted octanol–water partition coefficient (Wildman–Crippen LogP) is 2.45. The van der Waals surface area contributed by atoms with Crippen molar-refractivity contribution in [1.29, 1.82) is 0 Å². The van der Waals surface area contributed by atoms with Gasteiger partial charge in [0.2, 0.25) is 0 Å². The molecule has 4 heteroatoms. The maximum atomic E-state index is 5.17. The van der Waals surface area contributed by atoms with Gasteiger partial charge in [0, 0.05) is 19.1 Å². The van der Waals surface area contributed by atoms with Crippen LogP contribution in [0, 0.1) is 0 Å².